The van der Waals surface area contributed by atoms with E-state index in [0.717, 1.165) is 22.0 Å². The molecular weight excluding hydrogens is 436 g/mol. The average molecular weight is 452 g/mol. The van der Waals surface area contributed by atoms with E-state index in [4.69, 9.17) is 0 Å². The Kier molecular flexibility index (Phi) is 6.92. The lowest BCUT2D eigenvalue weighted by Crippen LogP contribution is -2.28. The number of amides is 1. The highest BCUT2D eigenvalue weighted by Gasteiger charge is 2.21. The van der Waals surface area contributed by atoms with Gasteiger partial charge in [0, 0.05) is 22.3 Å². The van der Waals surface area contributed by atoms with Crippen molar-refractivity contribution in [3.63, 3.8) is 0 Å². The minimum Gasteiger partial charge on any atom is -0.760 e. The molecule has 0 aliphatic heterocycles. The molecule has 2 heterocycles. The van der Waals surface area contributed by atoms with Crippen LogP contribution in [0.5, 0.6) is 0 Å². The summed E-state index contributed by atoms with van der Waals surface area (Å²) in [6.07, 6.45) is 2.86. The first-order valence-corrected chi connectivity index (χ1v) is 10.5. The van der Waals surface area contributed by atoms with E-state index < -0.39 is 34.8 Å². The number of halogens is 2. The molecule has 0 bridgehead atoms. The van der Waals surface area contributed by atoms with E-state index >= 15 is 0 Å². The third kappa shape index (κ3) is 5.27. The maximum absolute atomic E-state index is 13.6. The zero-order valence-electron chi connectivity index (χ0n) is 15.8. The number of benzene rings is 1. The van der Waals surface area contributed by atoms with Crippen LogP contribution in [0.2, 0.25) is 0 Å². The molecule has 0 saturated heterocycles. The van der Waals surface area contributed by atoms with Gasteiger partial charge >= 0.3 is 0 Å². The molecule has 0 saturated carbocycles. The van der Waals surface area contributed by atoms with Crippen molar-refractivity contribution in [3.05, 3.63) is 74.8 Å². The number of nitrogens with zero attached hydrogens (tertiary/aromatic N) is 3. The molecule has 3 aromatic rings. The lowest BCUT2D eigenvalue weighted by molar-refractivity contribution is 0.0945. The molecule has 12 heteroatoms. The predicted molar refractivity (Wildman–Crippen MR) is 105 cm³/mol. The SMILES string of the molecule is Cc1ncc(CNC(=O)c2cnc(C(NS(=O)[O-])c3ccc(F)c(F)c3)c(C)n2)s1. The molecule has 1 amide bonds. The molecule has 0 aliphatic rings. The largest absolute Gasteiger partial charge is 0.760 e. The van der Waals surface area contributed by atoms with Crippen LogP contribution >= 0.6 is 11.3 Å². The van der Waals surface area contributed by atoms with Crippen LogP contribution in [0.15, 0.2) is 30.6 Å². The van der Waals surface area contributed by atoms with Gasteiger partial charge in [0.1, 0.15) is 5.69 Å². The van der Waals surface area contributed by atoms with Crippen molar-refractivity contribution in [1.29, 1.82) is 0 Å². The van der Waals surface area contributed by atoms with Gasteiger partial charge in [0.05, 0.1) is 35.2 Å². The second-order valence-corrected chi connectivity index (χ2v) is 8.24. The molecule has 2 N–H and O–H groups in total. The molecule has 30 heavy (non-hydrogen) atoms. The van der Waals surface area contributed by atoms with Crippen molar-refractivity contribution >= 4 is 28.5 Å². The Morgan fingerprint density at radius 3 is 2.60 bits per heavy atom. The number of carbonyl (C=O) groups is 1. The molecule has 2 aromatic heterocycles. The molecule has 0 fully saturated rings. The van der Waals surface area contributed by atoms with Gasteiger partial charge in [0.2, 0.25) is 0 Å². The minimum atomic E-state index is -2.72. The Labute approximate surface area is 177 Å². The Morgan fingerprint density at radius 2 is 2.00 bits per heavy atom. The highest BCUT2D eigenvalue weighted by molar-refractivity contribution is 7.77. The maximum Gasteiger partial charge on any atom is 0.271 e. The Bertz CT molecular complexity index is 1110. The fraction of sp³-hybridized carbons (Fsp3) is 0.222. The van der Waals surface area contributed by atoms with Crippen molar-refractivity contribution in [3.8, 4) is 0 Å². The number of hydrogen-bond acceptors (Lipinski definition) is 7. The van der Waals surface area contributed by atoms with Gasteiger partial charge in [0.25, 0.3) is 5.91 Å². The molecule has 2 atom stereocenters. The highest BCUT2D eigenvalue weighted by atomic mass is 32.2. The molecule has 0 aliphatic carbocycles. The zero-order chi connectivity index (χ0) is 21.8. The first-order valence-electron chi connectivity index (χ1n) is 8.58. The van der Waals surface area contributed by atoms with E-state index in [9.17, 15) is 22.3 Å². The Balaban J connectivity index is 1.84. The number of aryl methyl sites for hydroxylation is 2. The second kappa shape index (κ2) is 9.43. The fourth-order valence-corrected chi connectivity index (χ4v) is 3.87. The summed E-state index contributed by atoms with van der Waals surface area (Å²) in [5, 5.41) is 3.59. The van der Waals surface area contributed by atoms with Crippen molar-refractivity contribution in [2.45, 2.75) is 26.4 Å². The molecule has 2 unspecified atom stereocenters. The van der Waals surface area contributed by atoms with Crippen LogP contribution in [0.4, 0.5) is 8.78 Å². The van der Waals surface area contributed by atoms with E-state index in [2.05, 4.69) is 25.0 Å². The Hall–Kier alpha value is -2.67. The molecular formula is C18H16F2N5O3S2-. The quantitative estimate of drug-likeness (QED) is 0.531. The van der Waals surface area contributed by atoms with Gasteiger partial charge in [-0.15, -0.1) is 11.3 Å². The summed E-state index contributed by atoms with van der Waals surface area (Å²) in [6.45, 7) is 3.67. The standard InChI is InChI=1S/C18H17F2N5O3S2/c1-9-16(17(25-30(27)28)11-3-4-13(19)14(20)5-11)22-8-15(24-9)18(26)23-7-12-6-21-10(2)29-12/h3-6,8,17,25H,7H2,1-2H3,(H,23,26)(H,27,28)/p-1. The average Bonchev–Trinajstić information content (AvgIpc) is 3.11. The van der Waals surface area contributed by atoms with Crippen LogP contribution in [0.3, 0.4) is 0 Å². The van der Waals surface area contributed by atoms with E-state index in [0.29, 0.717) is 0 Å². The summed E-state index contributed by atoms with van der Waals surface area (Å²) in [4.78, 5) is 25.7. The van der Waals surface area contributed by atoms with E-state index in [-0.39, 0.29) is 29.2 Å². The summed E-state index contributed by atoms with van der Waals surface area (Å²) >= 11 is -1.27. The van der Waals surface area contributed by atoms with Crippen LogP contribution < -0.4 is 10.0 Å². The lowest BCUT2D eigenvalue weighted by Gasteiger charge is -2.21. The van der Waals surface area contributed by atoms with Crippen LogP contribution in [0, 0.1) is 25.5 Å². The summed E-state index contributed by atoms with van der Waals surface area (Å²) in [5.74, 6) is -2.66. The lowest BCUT2D eigenvalue weighted by atomic mass is 10.0. The van der Waals surface area contributed by atoms with Crippen molar-refractivity contribution in [1.82, 2.24) is 25.0 Å². The van der Waals surface area contributed by atoms with Gasteiger partial charge in [-0.3, -0.25) is 14.0 Å². The van der Waals surface area contributed by atoms with Crippen LogP contribution in [0.1, 0.15) is 43.4 Å². The van der Waals surface area contributed by atoms with Crippen LogP contribution in [0.25, 0.3) is 0 Å². The minimum absolute atomic E-state index is 0.0322. The highest BCUT2D eigenvalue weighted by Crippen LogP contribution is 2.24. The molecule has 158 valence electrons. The predicted octanol–water partition coefficient (Wildman–Crippen LogP) is 2.23. The second-order valence-electron chi connectivity index (χ2n) is 6.21. The summed E-state index contributed by atoms with van der Waals surface area (Å²) < 4.78 is 51.6. The zero-order valence-corrected chi connectivity index (χ0v) is 17.4. The third-order valence-corrected chi connectivity index (χ3v) is 5.42. The van der Waals surface area contributed by atoms with Gasteiger partial charge in [-0.2, -0.15) is 0 Å². The van der Waals surface area contributed by atoms with Crippen LogP contribution in [-0.2, 0) is 17.8 Å². The van der Waals surface area contributed by atoms with Crippen molar-refractivity contribution < 1.29 is 22.3 Å². The molecule has 3 rings (SSSR count). The number of nitrogens with one attached hydrogen (secondary N) is 2. The van der Waals surface area contributed by atoms with Crippen molar-refractivity contribution in [2.75, 3.05) is 0 Å². The third-order valence-electron chi connectivity index (χ3n) is 4.07. The summed E-state index contributed by atoms with van der Waals surface area (Å²) in [7, 11) is 0. The molecule has 1 aromatic carbocycles. The first-order chi connectivity index (χ1) is 14.2. The summed E-state index contributed by atoms with van der Waals surface area (Å²) in [6, 6.07) is 1.89. The smallest absolute Gasteiger partial charge is 0.271 e. The molecule has 0 spiro atoms. The van der Waals surface area contributed by atoms with E-state index in [1.807, 2.05) is 6.92 Å². The number of carbonyl (C=O) groups excluding carboxylic acids is 1. The topological polar surface area (TPSA) is 120 Å². The number of hydrogen-bond donors (Lipinski definition) is 2. The monoisotopic (exact) mass is 452 g/mol. The van der Waals surface area contributed by atoms with Gasteiger partial charge in [-0.1, -0.05) is 6.07 Å². The number of thiazole rings is 1. The summed E-state index contributed by atoms with van der Waals surface area (Å²) in [5.41, 5.74) is 0.571. The Morgan fingerprint density at radius 1 is 1.23 bits per heavy atom. The van der Waals surface area contributed by atoms with E-state index in [1.54, 1.807) is 6.20 Å². The van der Waals surface area contributed by atoms with Gasteiger partial charge < -0.3 is 9.87 Å². The maximum atomic E-state index is 13.6. The van der Waals surface area contributed by atoms with Crippen molar-refractivity contribution in [2.24, 2.45) is 0 Å². The number of aromatic nitrogens is 3. The van der Waals surface area contributed by atoms with E-state index in [1.165, 1.54) is 30.5 Å². The molecule has 0 radical (unpaired) electrons. The first kappa shape index (κ1) is 22.0. The normalized spacial score (nSPS) is 13.1. The number of rotatable bonds is 7. The van der Waals surface area contributed by atoms with Crippen LogP contribution in [-0.4, -0.2) is 29.6 Å². The van der Waals surface area contributed by atoms with Gasteiger partial charge in [-0.05, 0) is 31.5 Å². The van der Waals surface area contributed by atoms with Gasteiger partial charge in [0.15, 0.2) is 11.6 Å². The molecule has 8 nitrogen and oxygen atoms in total. The van der Waals surface area contributed by atoms with Gasteiger partial charge in [-0.25, -0.2) is 23.5 Å². The fourth-order valence-electron chi connectivity index (χ4n) is 2.70.